The van der Waals surface area contributed by atoms with Crippen molar-refractivity contribution in [1.29, 1.82) is 0 Å². The van der Waals surface area contributed by atoms with Gasteiger partial charge in [-0.15, -0.1) is 6.42 Å². The summed E-state index contributed by atoms with van der Waals surface area (Å²) >= 11 is 0. The van der Waals surface area contributed by atoms with E-state index in [4.69, 9.17) is 11.2 Å². The van der Waals surface area contributed by atoms with Crippen molar-refractivity contribution in [2.45, 2.75) is 39.7 Å². The average Bonchev–Trinajstić information content (AvgIpc) is 2.56. The van der Waals surface area contributed by atoms with Gasteiger partial charge in [-0.2, -0.15) is 0 Å². The van der Waals surface area contributed by atoms with Gasteiger partial charge in [0.25, 0.3) is 5.91 Å². The molecule has 1 aromatic carbocycles. The molecule has 1 aromatic heterocycles. The molecule has 0 spiro atoms. The van der Waals surface area contributed by atoms with Crippen molar-refractivity contribution in [2.75, 3.05) is 6.54 Å². The van der Waals surface area contributed by atoms with Crippen LogP contribution in [0.4, 0.5) is 0 Å². The van der Waals surface area contributed by atoms with Gasteiger partial charge in [-0.3, -0.25) is 9.78 Å². The number of nitrogens with zero attached hydrogens (tertiary/aromatic N) is 1. The lowest BCUT2D eigenvalue weighted by molar-refractivity contribution is -0.128. The highest BCUT2D eigenvalue weighted by Gasteiger charge is 2.18. The number of hydrogen-bond donors (Lipinski definition) is 1. The van der Waals surface area contributed by atoms with Gasteiger partial charge >= 0.3 is 0 Å². The first kappa shape index (κ1) is 16.8. The monoisotopic (exact) mass is 310 g/mol. The summed E-state index contributed by atoms with van der Waals surface area (Å²) < 4.78 is 5.89. The van der Waals surface area contributed by atoms with Crippen molar-refractivity contribution in [2.24, 2.45) is 0 Å². The summed E-state index contributed by atoms with van der Waals surface area (Å²) in [6, 6.07) is 5.69. The molecule has 1 N–H and O–H groups in total. The lowest BCUT2D eigenvalue weighted by Gasteiger charge is -2.18. The maximum Gasteiger partial charge on any atom is 0.261 e. The quantitative estimate of drug-likeness (QED) is 0.834. The number of ether oxygens (including phenoxy) is 1. The van der Waals surface area contributed by atoms with Crippen LogP contribution in [0, 0.1) is 19.3 Å². The Balaban J connectivity index is 2.28. The summed E-state index contributed by atoms with van der Waals surface area (Å²) in [4.78, 5) is 16.5. The van der Waals surface area contributed by atoms with Gasteiger partial charge in [-0.05, 0) is 43.5 Å². The van der Waals surface area contributed by atoms with Gasteiger partial charge in [0.1, 0.15) is 5.75 Å². The van der Waals surface area contributed by atoms with Crippen LogP contribution in [0.15, 0.2) is 24.4 Å². The number of pyridine rings is 1. The Kier molecular flexibility index (Phi) is 5.59. The smallest absolute Gasteiger partial charge is 0.261 e. The minimum absolute atomic E-state index is 0.0809. The number of fused-ring (bicyclic) bond motifs is 1. The first-order valence-corrected chi connectivity index (χ1v) is 7.90. The van der Waals surface area contributed by atoms with Gasteiger partial charge in [-0.25, -0.2) is 0 Å². The van der Waals surface area contributed by atoms with Crippen molar-refractivity contribution in [1.82, 2.24) is 10.3 Å². The van der Waals surface area contributed by atoms with Crippen LogP contribution in [-0.2, 0) is 4.79 Å². The van der Waals surface area contributed by atoms with Crippen LogP contribution in [0.2, 0.25) is 0 Å². The van der Waals surface area contributed by atoms with E-state index in [1.165, 1.54) is 0 Å². The van der Waals surface area contributed by atoms with Gasteiger partial charge < -0.3 is 10.1 Å². The Morgan fingerprint density at radius 1 is 1.39 bits per heavy atom. The summed E-state index contributed by atoms with van der Waals surface area (Å²) in [7, 11) is 0. The van der Waals surface area contributed by atoms with Crippen LogP contribution in [-0.4, -0.2) is 23.5 Å². The normalized spacial score (nSPS) is 11.7. The van der Waals surface area contributed by atoms with E-state index in [-0.39, 0.29) is 5.91 Å². The second-order valence-corrected chi connectivity index (χ2v) is 5.49. The minimum Gasteiger partial charge on any atom is -0.481 e. The van der Waals surface area contributed by atoms with Gasteiger partial charge in [0.05, 0.1) is 5.52 Å². The topological polar surface area (TPSA) is 51.2 Å². The molecule has 2 aromatic rings. The van der Waals surface area contributed by atoms with Crippen molar-refractivity contribution < 1.29 is 9.53 Å². The molecule has 0 radical (unpaired) electrons. The van der Waals surface area contributed by atoms with Crippen LogP contribution >= 0.6 is 0 Å². The Morgan fingerprint density at radius 2 is 2.17 bits per heavy atom. The molecular weight excluding hydrogens is 288 g/mol. The van der Waals surface area contributed by atoms with Gasteiger partial charge in [0.2, 0.25) is 0 Å². The molecule has 120 valence electrons. The van der Waals surface area contributed by atoms with Crippen molar-refractivity contribution >= 4 is 16.8 Å². The third-order valence-corrected chi connectivity index (χ3v) is 3.60. The number of nitrogens with one attached hydrogen (secondary N) is 1. The number of carbonyl (C=O) groups is 1. The fourth-order valence-electron chi connectivity index (χ4n) is 2.39. The zero-order valence-electron chi connectivity index (χ0n) is 13.8. The number of aryl methyl sites for hydroxylation is 1. The molecule has 0 saturated carbocycles. The predicted octanol–water partition coefficient (Wildman–Crippen LogP) is 3.21. The Labute approximate surface area is 137 Å². The minimum atomic E-state index is -0.498. The summed E-state index contributed by atoms with van der Waals surface area (Å²) in [5.41, 5.74) is 2.60. The second kappa shape index (κ2) is 7.64. The predicted molar refractivity (Wildman–Crippen MR) is 92.4 cm³/mol. The van der Waals surface area contributed by atoms with E-state index < -0.39 is 6.10 Å². The van der Waals surface area contributed by atoms with Crippen LogP contribution < -0.4 is 10.1 Å². The first-order chi connectivity index (χ1) is 11.1. The number of benzene rings is 1. The van der Waals surface area contributed by atoms with Crippen LogP contribution in [0.1, 0.15) is 37.8 Å². The van der Waals surface area contributed by atoms with E-state index in [0.29, 0.717) is 18.7 Å². The highest BCUT2D eigenvalue weighted by atomic mass is 16.5. The molecule has 1 amide bonds. The largest absolute Gasteiger partial charge is 0.481 e. The standard InChI is InChI=1S/C19H22N2O2/c1-5-8-20-19(22)17(7-3)23-16-9-13(4)18-15(11-16)10-14(6-2)12-21-18/h2,9-12,17H,5,7-8H2,1,3-4H3,(H,20,22). The van der Waals surface area contributed by atoms with Crippen LogP contribution in [0.5, 0.6) is 5.75 Å². The highest BCUT2D eigenvalue weighted by molar-refractivity contribution is 5.85. The van der Waals surface area contributed by atoms with Gasteiger partial charge in [0, 0.05) is 23.7 Å². The van der Waals surface area contributed by atoms with E-state index in [9.17, 15) is 4.79 Å². The van der Waals surface area contributed by atoms with Crippen molar-refractivity contribution in [3.8, 4) is 18.1 Å². The van der Waals surface area contributed by atoms with Crippen molar-refractivity contribution in [3.05, 3.63) is 35.5 Å². The lowest BCUT2D eigenvalue weighted by atomic mass is 10.1. The first-order valence-electron chi connectivity index (χ1n) is 7.90. The Morgan fingerprint density at radius 3 is 2.83 bits per heavy atom. The molecule has 0 bridgehead atoms. The molecule has 0 saturated heterocycles. The average molecular weight is 310 g/mol. The molecule has 0 aliphatic heterocycles. The maximum atomic E-state index is 12.1. The molecule has 0 aliphatic rings. The molecule has 1 unspecified atom stereocenters. The Bertz CT molecular complexity index is 747. The van der Waals surface area contributed by atoms with E-state index in [0.717, 1.165) is 28.5 Å². The molecule has 1 atom stereocenters. The number of hydrogen-bond acceptors (Lipinski definition) is 3. The summed E-state index contributed by atoms with van der Waals surface area (Å²) in [5.74, 6) is 3.16. The van der Waals surface area contributed by atoms with Crippen LogP contribution in [0.3, 0.4) is 0 Å². The third-order valence-electron chi connectivity index (χ3n) is 3.60. The molecule has 23 heavy (non-hydrogen) atoms. The maximum absolute atomic E-state index is 12.1. The number of carbonyl (C=O) groups excluding carboxylic acids is 1. The van der Waals surface area contributed by atoms with E-state index in [1.807, 2.05) is 39.0 Å². The lowest BCUT2D eigenvalue weighted by Crippen LogP contribution is -2.38. The van der Waals surface area contributed by atoms with E-state index >= 15 is 0 Å². The SMILES string of the molecule is C#Cc1cnc2c(C)cc(OC(CC)C(=O)NCCC)cc2c1. The second-order valence-electron chi connectivity index (χ2n) is 5.49. The zero-order chi connectivity index (χ0) is 16.8. The number of amides is 1. The molecule has 0 fully saturated rings. The zero-order valence-corrected chi connectivity index (χ0v) is 13.8. The summed E-state index contributed by atoms with van der Waals surface area (Å²) in [6.45, 7) is 6.58. The molecule has 4 heteroatoms. The molecule has 1 heterocycles. The number of rotatable bonds is 6. The third kappa shape index (κ3) is 4.01. The Hall–Kier alpha value is -2.54. The molecular formula is C19H22N2O2. The fourth-order valence-corrected chi connectivity index (χ4v) is 2.39. The molecule has 2 rings (SSSR count). The fraction of sp³-hybridized carbons (Fsp3) is 0.368. The molecule has 0 aliphatic carbocycles. The van der Waals surface area contributed by atoms with Crippen LogP contribution in [0.25, 0.3) is 10.9 Å². The number of aromatic nitrogens is 1. The molecule has 4 nitrogen and oxygen atoms in total. The van der Waals surface area contributed by atoms with Crippen molar-refractivity contribution in [3.63, 3.8) is 0 Å². The van der Waals surface area contributed by atoms with Gasteiger partial charge in [0.15, 0.2) is 6.10 Å². The summed E-state index contributed by atoms with van der Waals surface area (Å²) in [5, 5.41) is 3.79. The summed E-state index contributed by atoms with van der Waals surface area (Å²) in [6.07, 6.45) is 8.12. The van der Waals surface area contributed by atoms with E-state index in [2.05, 4.69) is 16.2 Å². The van der Waals surface area contributed by atoms with E-state index in [1.54, 1.807) is 6.20 Å². The highest BCUT2D eigenvalue weighted by Crippen LogP contribution is 2.25. The number of terminal acetylenes is 1. The van der Waals surface area contributed by atoms with Gasteiger partial charge in [-0.1, -0.05) is 19.8 Å².